The first kappa shape index (κ1) is 14.3. The molecule has 0 aliphatic carbocycles. The van der Waals surface area contributed by atoms with Gasteiger partial charge in [0.25, 0.3) is 0 Å². The SMILES string of the molecule is CCOC(=O)c1ccc(N)c(N(C)Cc2cscn2)c1. The van der Waals surface area contributed by atoms with Crippen LogP contribution in [0, 0.1) is 0 Å². The number of thiazole rings is 1. The Labute approximate surface area is 122 Å². The number of ether oxygens (including phenoxy) is 1. The number of hydrogen-bond acceptors (Lipinski definition) is 6. The van der Waals surface area contributed by atoms with Crippen LogP contribution in [0.1, 0.15) is 23.0 Å². The standard InChI is InChI=1S/C14H17N3O2S/c1-3-19-14(18)10-4-5-12(15)13(6-10)17(2)7-11-8-20-9-16-11/h4-6,8-9H,3,7,15H2,1-2H3. The summed E-state index contributed by atoms with van der Waals surface area (Å²) < 4.78 is 5.00. The minimum absolute atomic E-state index is 0.337. The van der Waals surface area contributed by atoms with E-state index >= 15 is 0 Å². The van der Waals surface area contributed by atoms with Gasteiger partial charge in [-0.15, -0.1) is 11.3 Å². The van der Waals surface area contributed by atoms with E-state index in [4.69, 9.17) is 10.5 Å². The van der Waals surface area contributed by atoms with Crippen molar-refractivity contribution >= 4 is 28.7 Å². The fraction of sp³-hybridized carbons (Fsp3) is 0.286. The zero-order valence-corrected chi connectivity index (χ0v) is 12.3. The number of carbonyl (C=O) groups is 1. The van der Waals surface area contributed by atoms with Crippen LogP contribution in [0.25, 0.3) is 0 Å². The summed E-state index contributed by atoms with van der Waals surface area (Å²) in [6.07, 6.45) is 0. The van der Waals surface area contributed by atoms with Gasteiger partial charge in [-0.05, 0) is 25.1 Å². The predicted octanol–water partition coefficient (Wildman–Crippen LogP) is 2.54. The zero-order valence-electron chi connectivity index (χ0n) is 11.5. The molecule has 0 saturated heterocycles. The minimum Gasteiger partial charge on any atom is -0.462 e. The number of rotatable bonds is 5. The Bertz CT molecular complexity index is 584. The third-order valence-electron chi connectivity index (χ3n) is 2.84. The highest BCUT2D eigenvalue weighted by molar-refractivity contribution is 7.07. The van der Waals surface area contributed by atoms with Crippen LogP contribution in [0.4, 0.5) is 11.4 Å². The first-order valence-electron chi connectivity index (χ1n) is 6.26. The molecule has 1 aromatic carbocycles. The molecular formula is C14H17N3O2S. The summed E-state index contributed by atoms with van der Waals surface area (Å²) in [5, 5.41) is 1.99. The Morgan fingerprint density at radius 2 is 2.30 bits per heavy atom. The van der Waals surface area contributed by atoms with Gasteiger partial charge in [-0.2, -0.15) is 0 Å². The summed E-state index contributed by atoms with van der Waals surface area (Å²) in [5.41, 5.74) is 10.7. The van der Waals surface area contributed by atoms with E-state index in [2.05, 4.69) is 4.98 Å². The van der Waals surface area contributed by atoms with E-state index in [1.165, 1.54) is 0 Å². The monoisotopic (exact) mass is 291 g/mol. The third kappa shape index (κ3) is 3.27. The van der Waals surface area contributed by atoms with Crippen LogP contribution in [0.5, 0.6) is 0 Å². The summed E-state index contributed by atoms with van der Waals surface area (Å²) in [7, 11) is 1.92. The van der Waals surface area contributed by atoms with Gasteiger partial charge >= 0.3 is 5.97 Å². The van der Waals surface area contributed by atoms with Crippen molar-refractivity contribution in [3.63, 3.8) is 0 Å². The van der Waals surface area contributed by atoms with Crippen molar-refractivity contribution in [3.05, 3.63) is 40.3 Å². The van der Waals surface area contributed by atoms with Crippen molar-refractivity contribution in [2.45, 2.75) is 13.5 Å². The number of anilines is 2. The molecule has 1 aromatic heterocycles. The van der Waals surface area contributed by atoms with Gasteiger partial charge < -0.3 is 15.4 Å². The van der Waals surface area contributed by atoms with Crippen molar-refractivity contribution < 1.29 is 9.53 Å². The third-order valence-corrected chi connectivity index (χ3v) is 3.47. The molecule has 0 aliphatic rings. The van der Waals surface area contributed by atoms with Gasteiger partial charge in [0.15, 0.2) is 0 Å². The van der Waals surface area contributed by atoms with Crippen LogP contribution in [-0.4, -0.2) is 24.6 Å². The predicted molar refractivity (Wildman–Crippen MR) is 81.0 cm³/mol. The second-order valence-electron chi connectivity index (χ2n) is 4.33. The molecule has 2 aromatic rings. The molecule has 20 heavy (non-hydrogen) atoms. The van der Waals surface area contributed by atoms with Gasteiger partial charge in [0, 0.05) is 12.4 Å². The Hall–Kier alpha value is -2.08. The largest absolute Gasteiger partial charge is 0.462 e. The second kappa shape index (κ2) is 6.38. The fourth-order valence-electron chi connectivity index (χ4n) is 1.86. The number of esters is 1. The maximum Gasteiger partial charge on any atom is 0.338 e. The normalized spacial score (nSPS) is 10.3. The number of aromatic nitrogens is 1. The van der Waals surface area contributed by atoms with E-state index in [1.807, 2.05) is 17.3 Å². The molecule has 0 amide bonds. The van der Waals surface area contributed by atoms with Gasteiger partial charge in [0.1, 0.15) is 0 Å². The molecule has 5 nitrogen and oxygen atoms in total. The van der Waals surface area contributed by atoms with Crippen molar-refractivity contribution in [1.82, 2.24) is 4.98 Å². The fourth-order valence-corrected chi connectivity index (χ4v) is 2.41. The smallest absolute Gasteiger partial charge is 0.338 e. The Morgan fingerprint density at radius 3 is 2.95 bits per heavy atom. The van der Waals surface area contributed by atoms with Gasteiger partial charge in [0.05, 0.1) is 41.3 Å². The molecule has 0 spiro atoms. The summed E-state index contributed by atoms with van der Waals surface area (Å²) >= 11 is 1.55. The number of carbonyl (C=O) groups excluding carboxylic acids is 1. The van der Waals surface area contributed by atoms with Crippen LogP contribution in [0.2, 0.25) is 0 Å². The van der Waals surface area contributed by atoms with E-state index in [0.29, 0.717) is 24.4 Å². The molecule has 106 valence electrons. The summed E-state index contributed by atoms with van der Waals surface area (Å²) in [6, 6.07) is 5.15. The zero-order chi connectivity index (χ0) is 14.5. The van der Waals surface area contributed by atoms with Gasteiger partial charge in [0.2, 0.25) is 0 Å². The molecule has 0 radical (unpaired) electrons. The summed E-state index contributed by atoms with van der Waals surface area (Å²) in [6.45, 7) is 2.78. The summed E-state index contributed by atoms with van der Waals surface area (Å²) in [4.78, 5) is 18.0. The molecule has 2 N–H and O–H groups in total. The van der Waals surface area contributed by atoms with Crippen molar-refractivity contribution in [1.29, 1.82) is 0 Å². The van der Waals surface area contributed by atoms with Crippen molar-refractivity contribution in [2.75, 3.05) is 24.3 Å². The highest BCUT2D eigenvalue weighted by Gasteiger charge is 2.12. The Balaban J connectivity index is 2.21. The van der Waals surface area contributed by atoms with Crippen LogP contribution < -0.4 is 10.6 Å². The number of nitrogens with zero attached hydrogens (tertiary/aromatic N) is 2. The topological polar surface area (TPSA) is 68.5 Å². The second-order valence-corrected chi connectivity index (χ2v) is 5.05. The minimum atomic E-state index is -0.337. The quantitative estimate of drug-likeness (QED) is 0.677. The lowest BCUT2D eigenvalue weighted by atomic mass is 10.1. The summed E-state index contributed by atoms with van der Waals surface area (Å²) in [5.74, 6) is -0.337. The Kier molecular flexibility index (Phi) is 4.57. The molecule has 0 unspecified atom stereocenters. The lowest BCUT2D eigenvalue weighted by Crippen LogP contribution is -2.19. The van der Waals surface area contributed by atoms with Gasteiger partial charge in [-0.1, -0.05) is 0 Å². The highest BCUT2D eigenvalue weighted by Crippen LogP contribution is 2.25. The molecule has 2 rings (SSSR count). The van der Waals surface area contributed by atoms with Crippen LogP contribution >= 0.6 is 11.3 Å². The van der Waals surface area contributed by atoms with E-state index < -0.39 is 0 Å². The number of nitrogens with two attached hydrogens (primary N) is 1. The average molecular weight is 291 g/mol. The molecule has 0 aliphatic heterocycles. The first-order valence-corrected chi connectivity index (χ1v) is 7.21. The van der Waals surface area contributed by atoms with Crippen LogP contribution in [-0.2, 0) is 11.3 Å². The van der Waals surface area contributed by atoms with E-state index in [9.17, 15) is 4.79 Å². The van der Waals surface area contributed by atoms with Crippen LogP contribution in [0.3, 0.4) is 0 Å². The van der Waals surface area contributed by atoms with Gasteiger partial charge in [-0.25, -0.2) is 9.78 Å². The van der Waals surface area contributed by atoms with Crippen molar-refractivity contribution in [2.24, 2.45) is 0 Å². The van der Waals surface area contributed by atoms with Crippen molar-refractivity contribution in [3.8, 4) is 0 Å². The molecule has 1 heterocycles. The molecule has 0 atom stereocenters. The lowest BCUT2D eigenvalue weighted by Gasteiger charge is -2.20. The Morgan fingerprint density at radius 1 is 1.50 bits per heavy atom. The number of benzene rings is 1. The maximum absolute atomic E-state index is 11.8. The van der Waals surface area contributed by atoms with Gasteiger partial charge in [-0.3, -0.25) is 0 Å². The molecule has 0 bridgehead atoms. The molecule has 6 heteroatoms. The van der Waals surface area contributed by atoms with E-state index in [1.54, 1.807) is 42.0 Å². The highest BCUT2D eigenvalue weighted by atomic mass is 32.1. The lowest BCUT2D eigenvalue weighted by molar-refractivity contribution is 0.0526. The first-order chi connectivity index (χ1) is 9.61. The number of nitrogen functional groups attached to an aromatic ring is 1. The number of hydrogen-bond donors (Lipinski definition) is 1. The molecule has 0 saturated carbocycles. The molecule has 0 fully saturated rings. The average Bonchev–Trinajstić information content (AvgIpc) is 2.92. The maximum atomic E-state index is 11.8. The molecular weight excluding hydrogens is 274 g/mol. The van der Waals surface area contributed by atoms with E-state index in [0.717, 1.165) is 11.4 Å². The van der Waals surface area contributed by atoms with Crippen LogP contribution in [0.15, 0.2) is 29.1 Å². The van der Waals surface area contributed by atoms with E-state index in [-0.39, 0.29) is 5.97 Å².